The summed E-state index contributed by atoms with van der Waals surface area (Å²) in [5, 5.41) is 21.1. The predicted molar refractivity (Wildman–Crippen MR) is 97.2 cm³/mol. The van der Waals surface area contributed by atoms with Crippen LogP contribution < -0.4 is 0 Å². The van der Waals surface area contributed by atoms with Gasteiger partial charge in [0.05, 0.1) is 0 Å². The van der Waals surface area contributed by atoms with Crippen molar-refractivity contribution in [2.45, 2.75) is 84.8 Å². The van der Waals surface area contributed by atoms with E-state index in [0.717, 1.165) is 18.3 Å². The first-order valence-corrected chi connectivity index (χ1v) is 10.4. The quantitative estimate of drug-likeness (QED) is 0.529. The van der Waals surface area contributed by atoms with E-state index < -0.39 is 6.29 Å². The molecule has 0 heterocycles. The summed E-state index contributed by atoms with van der Waals surface area (Å²) in [6, 6.07) is 0. The highest BCUT2D eigenvalue weighted by molar-refractivity contribution is 5.24. The maximum Gasteiger partial charge on any atom is 0.157 e. The van der Waals surface area contributed by atoms with Gasteiger partial charge in [-0.05, 0) is 99.7 Å². The van der Waals surface area contributed by atoms with Gasteiger partial charge in [0.1, 0.15) is 0 Å². The van der Waals surface area contributed by atoms with Crippen LogP contribution in [0.15, 0.2) is 11.6 Å². The number of allylic oxidation sites excluding steroid dienone is 2. The molecule has 0 aromatic heterocycles. The van der Waals surface area contributed by atoms with Crippen molar-refractivity contribution in [2.75, 3.05) is 0 Å². The molecule has 4 aliphatic carbocycles. The fourth-order valence-corrected chi connectivity index (χ4v) is 8.00. The van der Waals surface area contributed by atoms with Crippen molar-refractivity contribution < 1.29 is 10.2 Å². The molecule has 0 radical (unpaired) electrons. The molecule has 0 aromatic rings. The predicted octanol–water partition coefficient (Wildman–Crippen LogP) is 4.90. The number of rotatable bonds is 1. The molecular weight excluding hydrogens is 296 g/mol. The Morgan fingerprint density at radius 3 is 2.54 bits per heavy atom. The summed E-state index contributed by atoms with van der Waals surface area (Å²) in [6.45, 7) is 7.08. The monoisotopic (exact) mass is 332 g/mol. The summed E-state index contributed by atoms with van der Waals surface area (Å²) < 4.78 is 0. The van der Waals surface area contributed by atoms with E-state index in [-0.39, 0.29) is 5.41 Å². The van der Waals surface area contributed by atoms with E-state index in [9.17, 15) is 10.2 Å². The van der Waals surface area contributed by atoms with E-state index in [0.29, 0.717) is 23.2 Å². The van der Waals surface area contributed by atoms with Gasteiger partial charge in [0.2, 0.25) is 0 Å². The highest BCUT2D eigenvalue weighted by atomic mass is 16.5. The van der Waals surface area contributed by atoms with Crippen molar-refractivity contribution in [3.05, 3.63) is 11.6 Å². The fraction of sp³-hybridized carbons (Fsp3) is 0.909. The van der Waals surface area contributed by atoms with Crippen LogP contribution in [-0.4, -0.2) is 16.5 Å². The Morgan fingerprint density at radius 2 is 1.83 bits per heavy atom. The molecule has 4 fully saturated rings. The standard InChI is InChI=1S/C22H36O2/c1-4-15-6-8-18-17-7-5-16-13-14(2)9-12-22(16,20(23)24)19(17)10-11-21(15,18)3/h4,14,16-20,23-24H,5-13H2,1-3H3/b15-4-. The van der Waals surface area contributed by atoms with Gasteiger partial charge in [0.15, 0.2) is 6.29 Å². The number of hydrogen-bond donors (Lipinski definition) is 2. The summed E-state index contributed by atoms with van der Waals surface area (Å²) in [7, 11) is 0. The Hall–Kier alpha value is -0.340. The maximum atomic E-state index is 10.5. The molecule has 0 amide bonds. The molecule has 0 bridgehead atoms. The lowest BCUT2D eigenvalue weighted by molar-refractivity contribution is -0.239. The molecular formula is C22H36O2. The van der Waals surface area contributed by atoms with Crippen LogP contribution in [0.4, 0.5) is 0 Å². The molecule has 7 unspecified atom stereocenters. The van der Waals surface area contributed by atoms with Crippen LogP contribution in [0.1, 0.15) is 78.6 Å². The largest absolute Gasteiger partial charge is 0.368 e. The van der Waals surface area contributed by atoms with E-state index in [2.05, 4.69) is 26.8 Å². The van der Waals surface area contributed by atoms with Gasteiger partial charge in [-0.25, -0.2) is 0 Å². The van der Waals surface area contributed by atoms with Crippen molar-refractivity contribution in [3.63, 3.8) is 0 Å². The molecule has 0 spiro atoms. The van der Waals surface area contributed by atoms with Crippen LogP contribution in [0.5, 0.6) is 0 Å². The summed E-state index contributed by atoms with van der Waals surface area (Å²) in [5.74, 6) is 3.33. The minimum atomic E-state index is -1.12. The maximum absolute atomic E-state index is 10.5. The Bertz CT molecular complexity index is 524. The number of fused-ring (bicyclic) bond motifs is 5. The second-order valence-electron chi connectivity index (χ2n) is 9.83. The Balaban J connectivity index is 1.69. The summed E-state index contributed by atoms with van der Waals surface area (Å²) in [4.78, 5) is 0. The van der Waals surface area contributed by atoms with Crippen molar-refractivity contribution in [1.82, 2.24) is 0 Å². The second kappa shape index (κ2) is 5.84. The van der Waals surface area contributed by atoms with Crippen LogP contribution in [0.3, 0.4) is 0 Å². The lowest BCUT2D eigenvalue weighted by Crippen LogP contribution is -2.58. The fourth-order valence-electron chi connectivity index (χ4n) is 8.00. The molecule has 24 heavy (non-hydrogen) atoms. The molecule has 0 saturated heterocycles. The van der Waals surface area contributed by atoms with Crippen LogP contribution in [0, 0.1) is 40.4 Å². The lowest BCUT2D eigenvalue weighted by atomic mass is 9.43. The molecule has 2 nitrogen and oxygen atoms in total. The number of hydrogen-bond acceptors (Lipinski definition) is 2. The van der Waals surface area contributed by atoms with Gasteiger partial charge >= 0.3 is 0 Å². The van der Waals surface area contributed by atoms with Crippen LogP contribution in [0.2, 0.25) is 0 Å². The van der Waals surface area contributed by atoms with E-state index >= 15 is 0 Å². The summed E-state index contributed by atoms with van der Waals surface area (Å²) >= 11 is 0. The third kappa shape index (κ3) is 2.14. The molecule has 2 heteroatoms. The molecule has 4 rings (SSSR count). The Labute approximate surface area is 147 Å². The van der Waals surface area contributed by atoms with Crippen molar-refractivity contribution in [1.29, 1.82) is 0 Å². The lowest BCUT2D eigenvalue weighted by Gasteiger charge is -2.62. The third-order valence-corrected chi connectivity index (χ3v) is 9.17. The van der Waals surface area contributed by atoms with Gasteiger partial charge in [-0.3, -0.25) is 0 Å². The topological polar surface area (TPSA) is 40.5 Å². The van der Waals surface area contributed by atoms with Gasteiger partial charge in [-0.2, -0.15) is 0 Å². The minimum absolute atomic E-state index is 0.199. The van der Waals surface area contributed by atoms with Gasteiger partial charge < -0.3 is 10.2 Å². The smallest absolute Gasteiger partial charge is 0.157 e. The van der Waals surface area contributed by atoms with Crippen LogP contribution in [0.25, 0.3) is 0 Å². The molecule has 136 valence electrons. The molecule has 0 aliphatic heterocycles. The molecule has 7 atom stereocenters. The van der Waals surface area contributed by atoms with Crippen molar-refractivity contribution >= 4 is 0 Å². The highest BCUT2D eigenvalue weighted by Crippen LogP contribution is 2.68. The molecule has 2 N–H and O–H groups in total. The van der Waals surface area contributed by atoms with Crippen LogP contribution in [-0.2, 0) is 0 Å². The Morgan fingerprint density at radius 1 is 1.04 bits per heavy atom. The van der Waals surface area contributed by atoms with E-state index in [1.807, 2.05) is 0 Å². The number of aliphatic hydroxyl groups is 2. The van der Waals surface area contributed by atoms with Gasteiger partial charge in [0.25, 0.3) is 0 Å². The van der Waals surface area contributed by atoms with Gasteiger partial charge in [0, 0.05) is 5.41 Å². The summed E-state index contributed by atoms with van der Waals surface area (Å²) in [6.07, 6.45) is 12.3. The first-order chi connectivity index (χ1) is 11.4. The third-order valence-electron chi connectivity index (χ3n) is 9.17. The molecule has 4 saturated carbocycles. The zero-order chi connectivity index (χ0) is 17.1. The Kier molecular flexibility index (Phi) is 4.16. The summed E-state index contributed by atoms with van der Waals surface area (Å²) in [5.41, 5.74) is 1.88. The van der Waals surface area contributed by atoms with Crippen LogP contribution >= 0.6 is 0 Å². The van der Waals surface area contributed by atoms with Gasteiger partial charge in [-0.15, -0.1) is 0 Å². The zero-order valence-corrected chi connectivity index (χ0v) is 15.8. The van der Waals surface area contributed by atoms with E-state index in [4.69, 9.17) is 0 Å². The molecule has 4 aliphatic rings. The zero-order valence-electron chi connectivity index (χ0n) is 15.8. The van der Waals surface area contributed by atoms with E-state index in [1.165, 1.54) is 51.4 Å². The van der Waals surface area contributed by atoms with Crippen molar-refractivity contribution in [3.8, 4) is 0 Å². The van der Waals surface area contributed by atoms with E-state index in [1.54, 1.807) is 5.57 Å². The first kappa shape index (κ1) is 17.1. The normalized spacial score (nSPS) is 52.9. The van der Waals surface area contributed by atoms with Crippen molar-refractivity contribution in [2.24, 2.45) is 40.4 Å². The minimum Gasteiger partial charge on any atom is -0.368 e. The number of aliphatic hydroxyl groups excluding tert-OH is 1. The average Bonchev–Trinajstić information content (AvgIpc) is 2.90. The second-order valence-corrected chi connectivity index (χ2v) is 9.83. The average molecular weight is 333 g/mol. The first-order valence-electron chi connectivity index (χ1n) is 10.4. The molecule has 0 aromatic carbocycles. The SMILES string of the molecule is C/C=C1/CCC2C3CCC4CC(C)CCC4(C(O)O)C3CCC12C. The highest BCUT2D eigenvalue weighted by Gasteiger charge is 2.62. The van der Waals surface area contributed by atoms with Gasteiger partial charge in [-0.1, -0.05) is 25.5 Å².